The van der Waals surface area contributed by atoms with Crippen molar-refractivity contribution in [2.45, 2.75) is 13.8 Å². The predicted molar refractivity (Wildman–Crippen MR) is 63.0 cm³/mol. The van der Waals surface area contributed by atoms with Crippen molar-refractivity contribution >= 4 is 5.78 Å². The molecule has 0 aliphatic rings. The molecule has 0 aliphatic carbocycles. The van der Waals surface area contributed by atoms with Gasteiger partial charge in [0.15, 0.2) is 5.78 Å². The number of nitrogens with zero attached hydrogens (tertiary/aromatic N) is 1. The Bertz CT molecular complexity index is 391. The van der Waals surface area contributed by atoms with E-state index in [2.05, 4.69) is 0 Å². The molecular formula is C13H17NO. The van der Waals surface area contributed by atoms with Gasteiger partial charge < -0.3 is 4.90 Å². The fraction of sp³-hybridized carbons (Fsp3) is 0.308. The molecule has 0 radical (unpaired) electrons. The third kappa shape index (κ3) is 3.24. The topological polar surface area (TPSA) is 20.3 Å². The van der Waals surface area contributed by atoms with Gasteiger partial charge in [-0.05, 0) is 19.9 Å². The van der Waals surface area contributed by atoms with Crippen LogP contribution in [0, 0.1) is 6.92 Å². The van der Waals surface area contributed by atoms with Crippen LogP contribution in [0.4, 0.5) is 0 Å². The summed E-state index contributed by atoms with van der Waals surface area (Å²) in [6, 6.07) is 7.64. The first-order valence-electron chi connectivity index (χ1n) is 4.97. The van der Waals surface area contributed by atoms with Crippen LogP contribution in [0.25, 0.3) is 0 Å². The second-order valence-corrected chi connectivity index (χ2v) is 3.91. The number of benzene rings is 1. The van der Waals surface area contributed by atoms with E-state index < -0.39 is 0 Å². The molecule has 15 heavy (non-hydrogen) atoms. The van der Waals surface area contributed by atoms with Crippen LogP contribution in [0.5, 0.6) is 0 Å². The smallest absolute Gasteiger partial charge is 0.187 e. The lowest BCUT2D eigenvalue weighted by Gasteiger charge is -2.11. The Hall–Kier alpha value is -1.57. The summed E-state index contributed by atoms with van der Waals surface area (Å²) < 4.78 is 0. The average molecular weight is 203 g/mol. The van der Waals surface area contributed by atoms with Gasteiger partial charge in [-0.1, -0.05) is 23.8 Å². The van der Waals surface area contributed by atoms with Crippen LogP contribution in [-0.2, 0) is 0 Å². The van der Waals surface area contributed by atoms with Gasteiger partial charge in [0.2, 0.25) is 0 Å². The van der Waals surface area contributed by atoms with E-state index in [1.54, 1.807) is 6.08 Å². The standard InChI is InChI=1S/C13H17NO/c1-10-6-5-7-12(8-10)13(15)9-11(2)14(3)4/h5-9H,1-4H3/b11-9+. The molecule has 0 heterocycles. The van der Waals surface area contributed by atoms with E-state index in [1.807, 2.05) is 57.1 Å². The van der Waals surface area contributed by atoms with E-state index in [4.69, 9.17) is 0 Å². The van der Waals surface area contributed by atoms with Crippen LogP contribution < -0.4 is 0 Å². The number of ketones is 1. The lowest BCUT2D eigenvalue weighted by atomic mass is 10.1. The number of hydrogen-bond acceptors (Lipinski definition) is 2. The molecule has 1 aromatic carbocycles. The lowest BCUT2D eigenvalue weighted by Crippen LogP contribution is -2.10. The summed E-state index contributed by atoms with van der Waals surface area (Å²) >= 11 is 0. The number of hydrogen-bond donors (Lipinski definition) is 0. The number of rotatable bonds is 3. The molecule has 0 atom stereocenters. The van der Waals surface area contributed by atoms with Crippen molar-refractivity contribution in [1.29, 1.82) is 0 Å². The molecule has 0 amide bonds. The molecule has 1 rings (SSSR count). The predicted octanol–water partition coefficient (Wildman–Crippen LogP) is 2.64. The zero-order valence-electron chi connectivity index (χ0n) is 9.74. The Morgan fingerprint density at radius 2 is 2.00 bits per heavy atom. The summed E-state index contributed by atoms with van der Waals surface area (Å²) in [5.74, 6) is 0.0601. The van der Waals surface area contributed by atoms with Crippen LogP contribution in [0.2, 0.25) is 0 Å². The first kappa shape index (κ1) is 11.5. The summed E-state index contributed by atoms with van der Waals surface area (Å²) in [5, 5.41) is 0. The Labute approximate surface area is 91.2 Å². The van der Waals surface area contributed by atoms with Crippen LogP contribution >= 0.6 is 0 Å². The minimum atomic E-state index is 0.0601. The first-order valence-corrected chi connectivity index (χ1v) is 4.97. The van der Waals surface area contributed by atoms with E-state index in [-0.39, 0.29) is 5.78 Å². The molecule has 2 heteroatoms. The van der Waals surface area contributed by atoms with Crippen molar-refractivity contribution in [3.05, 3.63) is 47.2 Å². The van der Waals surface area contributed by atoms with Crippen LogP contribution in [0.15, 0.2) is 36.0 Å². The van der Waals surface area contributed by atoms with E-state index >= 15 is 0 Å². The largest absolute Gasteiger partial charge is 0.381 e. The highest BCUT2D eigenvalue weighted by molar-refractivity contribution is 6.04. The number of carbonyl (C=O) groups is 1. The van der Waals surface area contributed by atoms with Crippen molar-refractivity contribution in [3.63, 3.8) is 0 Å². The Balaban J connectivity index is 2.91. The van der Waals surface area contributed by atoms with Crippen molar-refractivity contribution < 1.29 is 4.79 Å². The summed E-state index contributed by atoms with van der Waals surface area (Å²) in [5.41, 5.74) is 2.81. The summed E-state index contributed by atoms with van der Waals surface area (Å²) in [7, 11) is 3.85. The van der Waals surface area contributed by atoms with Gasteiger partial charge in [0.05, 0.1) is 0 Å². The Morgan fingerprint density at radius 1 is 1.33 bits per heavy atom. The maximum Gasteiger partial charge on any atom is 0.187 e. The fourth-order valence-corrected chi connectivity index (χ4v) is 1.20. The zero-order valence-corrected chi connectivity index (χ0v) is 9.74. The monoisotopic (exact) mass is 203 g/mol. The molecule has 0 saturated heterocycles. The second kappa shape index (κ2) is 4.78. The summed E-state index contributed by atoms with van der Waals surface area (Å²) in [6.45, 7) is 3.91. The van der Waals surface area contributed by atoms with Gasteiger partial charge in [-0.15, -0.1) is 0 Å². The van der Waals surface area contributed by atoms with Gasteiger partial charge in [0, 0.05) is 31.4 Å². The van der Waals surface area contributed by atoms with Gasteiger partial charge in [-0.25, -0.2) is 0 Å². The molecule has 2 nitrogen and oxygen atoms in total. The van der Waals surface area contributed by atoms with Gasteiger partial charge in [0.1, 0.15) is 0 Å². The highest BCUT2D eigenvalue weighted by Gasteiger charge is 2.03. The molecule has 0 bridgehead atoms. The van der Waals surface area contributed by atoms with Crippen molar-refractivity contribution in [2.24, 2.45) is 0 Å². The Morgan fingerprint density at radius 3 is 2.53 bits per heavy atom. The van der Waals surface area contributed by atoms with Crippen molar-refractivity contribution in [1.82, 2.24) is 4.90 Å². The quantitative estimate of drug-likeness (QED) is 0.556. The molecular weight excluding hydrogens is 186 g/mol. The van der Waals surface area contributed by atoms with E-state index in [0.717, 1.165) is 16.8 Å². The van der Waals surface area contributed by atoms with Gasteiger partial charge in [-0.3, -0.25) is 4.79 Å². The van der Waals surface area contributed by atoms with Crippen LogP contribution in [-0.4, -0.2) is 24.8 Å². The zero-order chi connectivity index (χ0) is 11.4. The molecule has 0 spiro atoms. The van der Waals surface area contributed by atoms with Crippen LogP contribution in [0.3, 0.4) is 0 Å². The third-order valence-electron chi connectivity index (χ3n) is 2.35. The molecule has 0 saturated carbocycles. The highest BCUT2D eigenvalue weighted by atomic mass is 16.1. The minimum Gasteiger partial charge on any atom is -0.381 e. The molecule has 0 aliphatic heterocycles. The minimum absolute atomic E-state index is 0.0601. The second-order valence-electron chi connectivity index (χ2n) is 3.91. The van der Waals surface area contributed by atoms with Gasteiger partial charge in [-0.2, -0.15) is 0 Å². The summed E-state index contributed by atoms with van der Waals surface area (Å²) in [4.78, 5) is 13.7. The lowest BCUT2D eigenvalue weighted by molar-refractivity contribution is 0.104. The first-order chi connectivity index (χ1) is 7.00. The van der Waals surface area contributed by atoms with Crippen LogP contribution in [0.1, 0.15) is 22.8 Å². The number of allylic oxidation sites excluding steroid dienone is 2. The van der Waals surface area contributed by atoms with Crippen molar-refractivity contribution in [2.75, 3.05) is 14.1 Å². The Kier molecular flexibility index (Phi) is 3.67. The van der Waals surface area contributed by atoms with Gasteiger partial charge >= 0.3 is 0 Å². The van der Waals surface area contributed by atoms with Gasteiger partial charge in [0.25, 0.3) is 0 Å². The number of carbonyl (C=O) groups excluding carboxylic acids is 1. The highest BCUT2D eigenvalue weighted by Crippen LogP contribution is 2.07. The molecule has 0 N–H and O–H groups in total. The van der Waals surface area contributed by atoms with Crippen molar-refractivity contribution in [3.8, 4) is 0 Å². The number of aryl methyl sites for hydroxylation is 1. The average Bonchev–Trinajstić information content (AvgIpc) is 2.17. The summed E-state index contributed by atoms with van der Waals surface area (Å²) in [6.07, 6.45) is 1.66. The maximum absolute atomic E-state index is 11.8. The van der Waals surface area contributed by atoms with E-state index in [1.165, 1.54) is 0 Å². The third-order valence-corrected chi connectivity index (χ3v) is 2.35. The van der Waals surface area contributed by atoms with E-state index in [9.17, 15) is 4.79 Å². The fourth-order valence-electron chi connectivity index (χ4n) is 1.20. The maximum atomic E-state index is 11.8. The SMILES string of the molecule is C/C(=C\C(=O)c1cccc(C)c1)N(C)C. The molecule has 80 valence electrons. The molecule has 1 aromatic rings. The van der Waals surface area contributed by atoms with E-state index in [0.29, 0.717) is 0 Å². The molecule has 0 fully saturated rings. The molecule has 0 aromatic heterocycles. The normalized spacial score (nSPS) is 11.3. The molecule has 0 unspecified atom stereocenters.